The third kappa shape index (κ3) is 3.81. The zero-order valence-corrected chi connectivity index (χ0v) is 11.7. The number of rotatable bonds is 4. The summed E-state index contributed by atoms with van der Waals surface area (Å²) in [6.07, 6.45) is 4.47. The molecule has 19 heavy (non-hydrogen) atoms. The molecule has 2 fully saturated rings. The maximum absolute atomic E-state index is 5.42. The van der Waals surface area contributed by atoms with Crippen molar-refractivity contribution in [1.29, 1.82) is 0 Å². The maximum atomic E-state index is 5.42. The Hall–Kier alpha value is -0.840. The number of piperazine rings is 1. The summed E-state index contributed by atoms with van der Waals surface area (Å²) in [6.45, 7) is 9.46. The highest BCUT2D eigenvalue weighted by atomic mass is 16.3. The van der Waals surface area contributed by atoms with E-state index in [1.165, 1.54) is 58.7 Å². The first-order valence-corrected chi connectivity index (χ1v) is 7.58. The highest BCUT2D eigenvalue weighted by Gasteiger charge is 2.21. The fourth-order valence-corrected chi connectivity index (χ4v) is 3.18. The lowest BCUT2D eigenvalue weighted by molar-refractivity contribution is 0.102. The Bertz CT molecular complexity index is 351. The van der Waals surface area contributed by atoms with Gasteiger partial charge in [-0.3, -0.25) is 4.90 Å². The third-order valence-electron chi connectivity index (χ3n) is 4.40. The average Bonchev–Trinajstić information content (AvgIpc) is 2.95. The van der Waals surface area contributed by atoms with Crippen molar-refractivity contribution in [3.8, 4) is 0 Å². The van der Waals surface area contributed by atoms with Crippen LogP contribution in [0.5, 0.6) is 0 Å². The van der Waals surface area contributed by atoms with Crippen LogP contribution in [-0.2, 0) is 6.54 Å². The summed E-state index contributed by atoms with van der Waals surface area (Å²) < 4.78 is 5.42. The first kappa shape index (κ1) is 13.2. The summed E-state index contributed by atoms with van der Waals surface area (Å²) in [6, 6.07) is 4.05. The van der Waals surface area contributed by atoms with Gasteiger partial charge in [0.1, 0.15) is 5.76 Å². The van der Waals surface area contributed by atoms with Crippen LogP contribution in [0.25, 0.3) is 0 Å². The van der Waals surface area contributed by atoms with E-state index in [-0.39, 0.29) is 0 Å². The van der Waals surface area contributed by atoms with Crippen molar-refractivity contribution in [2.45, 2.75) is 19.4 Å². The van der Waals surface area contributed by atoms with E-state index in [2.05, 4.69) is 21.2 Å². The van der Waals surface area contributed by atoms with E-state index in [0.717, 1.165) is 18.2 Å². The Kier molecular flexibility index (Phi) is 4.53. The van der Waals surface area contributed by atoms with Crippen LogP contribution < -0.4 is 5.32 Å². The van der Waals surface area contributed by atoms with Crippen molar-refractivity contribution >= 4 is 0 Å². The standard InChI is InChI=1S/C15H25N3O/c1-2-15(19-11-1)13-18-9-7-17(8-10-18)12-14-3-5-16-6-4-14/h1-2,11,14,16H,3-10,12-13H2. The van der Waals surface area contributed by atoms with Gasteiger partial charge in [0.15, 0.2) is 0 Å². The van der Waals surface area contributed by atoms with Crippen LogP contribution in [0.3, 0.4) is 0 Å². The van der Waals surface area contributed by atoms with Gasteiger partial charge in [-0.1, -0.05) is 0 Å². The molecule has 1 N–H and O–H groups in total. The molecule has 1 aromatic heterocycles. The molecule has 2 aliphatic heterocycles. The number of piperidine rings is 1. The molecule has 0 bridgehead atoms. The largest absolute Gasteiger partial charge is 0.468 e. The minimum atomic E-state index is 0.915. The molecule has 4 nitrogen and oxygen atoms in total. The molecule has 0 spiro atoms. The Morgan fingerprint density at radius 3 is 2.53 bits per heavy atom. The Balaban J connectivity index is 1.39. The maximum Gasteiger partial charge on any atom is 0.117 e. The van der Waals surface area contributed by atoms with E-state index >= 15 is 0 Å². The summed E-state index contributed by atoms with van der Waals surface area (Å²) in [5.74, 6) is 2.00. The van der Waals surface area contributed by atoms with Gasteiger partial charge >= 0.3 is 0 Å². The van der Waals surface area contributed by atoms with Gasteiger partial charge in [0.25, 0.3) is 0 Å². The molecule has 106 valence electrons. The fraction of sp³-hybridized carbons (Fsp3) is 0.733. The van der Waals surface area contributed by atoms with Crippen molar-refractivity contribution in [2.75, 3.05) is 45.8 Å². The molecule has 0 saturated carbocycles. The van der Waals surface area contributed by atoms with E-state index in [1.807, 2.05) is 6.07 Å². The number of furan rings is 1. The van der Waals surface area contributed by atoms with E-state index in [4.69, 9.17) is 4.42 Å². The molecule has 2 saturated heterocycles. The monoisotopic (exact) mass is 263 g/mol. The quantitative estimate of drug-likeness (QED) is 0.890. The summed E-state index contributed by atoms with van der Waals surface area (Å²) in [7, 11) is 0. The second kappa shape index (κ2) is 6.55. The molecule has 2 aliphatic rings. The van der Waals surface area contributed by atoms with Gasteiger partial charge < -0.3 is 14.6 Å². The second-order valence-corrected chi connectivity index (χ2v) is 5.85. The van der Waals surface area contributed by atoms with E-state index in [1.54, 1.807) is 6.26 Å². The van der Waals surface area contributed by atoms with Crippen molar-refractivity contribution < 1.29 is 4.42 Å². The van der Waals surface area contributed by atoms with Gasteiger partial charge in [0, 0.05) is 32.7 Å². The number of nitrogens with zero attached hydrogens (tertiary/aromatic N) is 2. The number of hydrogen-bond acceptors (Lipinski definition) is 4. The highest BCUT2D eigenvalue weighted by molar-refractivity contribution is 4.98. The van der Waals surface area contributed by atoms with Gasteiger partial charge in [-0.2, -0.15) is 0 Å². The minimum absolute atomic E-state index is 0.915. The molecule has 3 rings (SSSR count). The zero-order valence-electron chi connectivity index (χ0n) is 11.7. The van der Waals surface area contributed by atoms with Gasteiger partial charge in [-0.05, 0) is 44.0 Å². The van der Waals surface area contributed by atoms with Crippen LogP contribution in [0, 0.1) is 5.92 Å². The molecule has 1 aromatic rings. The summed E-state index contributed by atoms with van der Waals surface area (Å²) in [5, 5.41) is 3.45. The fourth-order valence-electron chi connectivity index (χ4n) is 3.18. The Morgan fingerprint density at radius 1 is 1.11 bits per heavy atom. The van der Waals surface area contributed by atoms with Crippen molar-refractivity contribution in [3.05, 3.63) is 24.2 Å². The van der Waals surface area contributed by atoms with Crippen molar-refractivity contribution in [3.63, 3.8) is 0 Å². The molecule has 0 aliphatic carbocycles. The molecular weight excluding hydrogens is 238 g/mol. The average molecular weight is 263 g/mol. The van der Waals surface area contributed by atoms with Crippen LogP contribution in [0.1, 0.15) is 18.6 Å². The van der Waals surface area contributed by atoms with Gasteiger partial charge in [0.05, 0.1) is 12.8 Å². The molecule has 0 atom stereocenters. The normalized spacial score (nSPS) is 23.8. The first-order chi connectivity index (χ1) is 9.40. The lowest BCUT2D eigenvalue weighted by atomic mass is 9.97. The summed E-state index contributed by atoms with van der Waals surface area (Å²) >= 11 is 0. The van der Waals surface area contributed by atoms with Gasteiger partial charge in [0.2, 0.25) is 0 Å². The van der Waals surface area contributed by atoms with Crippen LogP contribution in [0.4, 0.5) is 0 Å². The smallest absolute Gasteiger partial charge is 0.117 e. The first-order valence-electron chi connectivity index (χ1n) is 7.58. The van der Waals surface area contributed by atoms with Crippen LogP contribution in [0.15, 0.2) is 22.8 Å². The molecule has 4 heteroatoms. The second-order valence-electron chi connectivity index (χ2n) is 5.85. The lowest BCUT2D eigenvalue weighted by Gasteiger charge is -2.37. The number of hydrogen-bond donors (Lipinski definition) is 1. The molecule has 3 heterocycles. The van der Waals surface area contributed by atoms with Crippen LogP contribution in [0.2, 0.25) is 0 Å². The lowest BCUT2D eigenvalue weighted by Crippen LogP contribution is -2.48. The topological polar surface area (TPSA) is 31.7 Å². The predicted molar refractivity (Wildman–Crippen MR) is 76.0 cm³/mol. The Labute approximate surface area is 115 Å². The highest BCUT2D eigenvalue weighted by Crippen LogP contribution is 2.15. The number of nitrogens with one attached hydrogen (secondary N) is 1. The summed E-state index contributed by atoms with van der Waals surface area (Å²) in [4.78, 5) is 5.15. The SMILES string of the molecule is c1coc(CN2CCN(CC3CCNCC3)CC2)c1. The molecule has 0 amide bonds. The summed E-state index contributed by atoms with van der Waals surface area (Å²) in [5.41, 5.74) is 0. The van der Waals surface area contributed by atoms with E-state index in [0.29, 0.717) is 0 Å². The minimum Gasteiger partial charge on any atom is -0.468 e. The molecule has 0 unspecified atom stereocenters. The van der Waals surface area contributed by atoms with E-state index in [9.17, 15) is 0 Å². The van der Waals surface area contributed by atoms with Gasteiger partial charge in [-0.15, -0.1) is 0 Å². The van der Waals surface area contributed by atoms with Crippen molar-refractivity contribution in [1.82, 2.24) is 15.1 Å². The van der Waals surface area contributed by atoms with Crippen LogP contribution >= 0.6 is 0 Å². The van der Waals surface area contributed by atoms with Crippen LogP contribution in [-0.4, -0.2) is 55.6 Å². The van der Waals surface area contributed by atoms with E-state index < -0.39 is 0 Å². The predicted octanol–water partition coefficient (Wildman–Crippen LogP) is 1.40. The molecular formula is C15H25N3O. The third-order valence-corrected chi connectivity index (χ3v) is 4.40. The zero-order chi connectivity index (χ0) is 12.9. The van der Waals surface area contributed by atoms with Gasteiger partial charge in [-0.25, -0.2) is 0 Å². The Morgan fingerprint density at radius 2 is 1.84 bits per heavy atom. The molecule has 0 aromatic carbocycles. The van der Waals surface area contributed by atoms with Crippen molar-refractivity contribution in [2.24, 2.45) is 5.92 Å². The molecule has 0 radical (unpaired) electrons.